The van der Waals surface area contributed by atoms with Crippen LogP contribution in [0, 0.1) is 0 Å². The smallest absolute Gasteiger partial charge is 0.155 e. The number of aromatic hydroxyl groups is 1. The Labute approximate surface area is 62.3 Å². The Morgan fingerprint density at radius 3 is 2.70 bits per heavy atom. The molecule has 0 aromatic carbocycles. The normalized spacial score (nSPS) is 9.30. The number of halogens is 1. The number of nitrogens with zero attached hydrogens (tertiary/aromatic N) is 1. The summed E-state index contributed by atoms with van der Waals surface area (Å²) in [6, 6.07) is 0. The van der Waals surface area contributed by atoms with Gasteiger partial charge in [0.25, 0.3) is 0 Å². The van der Waals surface area contributed by atoms with Gasteiger partial charge >= 0.3 is 0 Å². The second-order valence-corrected chi connectivity index (χ2v) is 2.08. The van der Waals surface area contributed by atoms with E-state index in [1.54, 1.807) is 0 Å². The van der Waals surface area contributed by atoms with Crippen LogP contribution in [0.5, 0.6) is 5.75 Å². The standard InChI is InChI=1S/C6H4ClNO2/c7-5-1-8-2-6(10)4(5)3-9/h1-3,10H. The average molecular weight is 158 g/mol. The van der Waals surface area contributed by atoms with Gasteiger partial charge in [-0.25, -0.2) is 0 Å². The highest BCUT2D eigenvalue weighted by Crippen LogP contribution is 2.20. The summed E-state index contributed by atoms with van der Waals surface area (Å²) in [5, 5.41) is 9.08. The van der Waals surface area contributed by atoms with Gasteiger partial charge in [0.15, 0.2) is 6.29 Å². The van der Waals surface area contributed by atoms with Gasteiger partial charge in [-0.1, -0.05) is 11.6 Å². The molecule has 0 spiro atoms. The number of hydrogen-bond acceptors (Lipinski definition) is 3. The summed E-state index contributed by atoms with van der Waals surface area (Å²) in [4.78, 5) is 13.7. The van der Waals surface area contributed by atoms with Gasteiger partial charge in [-0.05, 0) is 0 Å². The second-order valence-electron chi connectivity index (χ2n) is 1.67. The molecule has 0 amide bonds. The van der Waals surface area contributed by atoms with Gasteiger partial charge < -0.3 is 5.11 Å². The molecule has 3 nitrogen and oxygen atoms in total. The number of rotatable bonds is 1. The summed E-state index contributed by atoms with van der Waals surface area (Å²) >= 11 is 5.48. The summed E-state index contributed by atoms with van der Waals surface area (Å²) in [5.74, 6) is -0.192. The monoisotopic (exact) mass is 157 g/mol. The Kier molecular flexibility index (Phi) is 1.87. The van der Waals surface area contributed by atoms with Crippen LogP contribution < -0.4 is 0 Å². The van der Waals surface area contributed by atoms with E-state index in [9.17, 15) is 4.79 Å². The van der Waals surface area contributed by atoms with Crippen molar-refractivity contribution in [3.05, 3.63) is 23.0 Å². The first-order valence-corrected chi connectivity index (χ1v) is 2.91. The lowest BCUT2D eigenvalue weighted by atomic mass is 10.3. The fourth-order valence-electron chi connectivity index (χ4n) is 0.551. The Balaban J connectivity index is 3.30. The van der Waals surface area contributed by atoms with E-state index in [2.05, 4.69) is 4.98 Å². The number of aromatic nitrogens is 1. The number of pyridine rings is 1. The third-order valence-electron chi connectivity index (χ3n) is 1.04. The van der Waals surface area contributed by atoms with Crippen molar-refractivity contribution in [1.82, 2.24) is 4.98 Å². The van der Waals surface area contributed by atoms with Crippen molar-refractivity contribution in [3.63, 3.8) is 0 Å². The van der Waals surface area contributed by atoms with E-state index in [0.29, 0.717) is 6.29 Å². The molecule has 0 fully saturated rings. The van der Waals surface area contributed by atoms with Crippen LogP contribution in [0.3, 0.4) is 0 Å². The van der Waals surface area contributed by atoms with E-state index in [0.717, 1.165) is 6.20 Å². The minimum absolute atomic E-state index is 0.0802. The first kappa shape index (κ1) is 7.02. The predicted molar refractivity (Wildman–Crippen MR) is 36.3 cm³/mol. The van der Waals surface area contributed by atoms with Gasteiger partial charge in [0.2, 0.25) is 0 Å². The molecule has 52 valence electrons. The first-order valence-electron chi connectivity index (χ1n) is 2.53. The summed E-state index contributed by atoms with van der Waals surface area (Å²) in [7, 11) is 0. The number of carbonyl (C=O) groups is 1. The van der Waals surface area contributed by atoms with Crippen LogP contribution in [-0.2, 0) is 0 Å². The molecule has 0 aliphatic heterocycles. The van der Waals surface area contributed by atoms with Gasteiger partial charge in [0, 0.05) is 6.20 Å². The summed E-state index contributed by atoms with van der Waals surface area (Å²) in [6.45, 7) is 0. The molecule has 0 saturated carbocycles. The molecule has 1 aromatic heterocycles. The third kappa shape index (κ3) is 1.09. The Morgan fingerprint density at radius 2 is 2.30 bits per heavy atom. The van der Waals surface area contributed by atoms with Crippen LogP contribution in [0.2, 0.25) is 5.02 Å². The molecule has 0 aliphatic carbocycles. The van der Waals surface area contributed by atoms with Crippen LogP contribution >= 0.6 is 11.6 Å². The molecule has 1 N–H and O–H groups in total. The lowest BCUT2D eigenvalue weighted by Gasteiger charge is -1.95. The van der Waals surface area contributed by atoms with Crippen molar-refractivity contribution in [1.29, 1.82) is 0 Å². The molecular weight excluding hydrogens is 154 g/mol. The van der Waals surface area contributed by atoms with Gasteiger partial charge in [-0.15, -0.1) is 0 Å². The van der Waals surface area contributed by atoms with Crippen molar-refractivity contribution in [3.8, 4) is 5.75 Å². The molecular formula is C6H4ClNO2. The van der Waals surface area contributed by atoms with Crippen molar-refractivity contribution < 1.29 is 9.90 Å². The lowest BCUT2D eigenvalue weighted by molar-refractivity contribution is 0.112. The van der Waals surface area contributed by atoms with Crippen LogP contribution in [-0.4, -0.2) is 16.4 Å². The molecule has 1 aromatic rings. The maximum absolute atomic E-state index is 10.2. The zero-order valence-corrected chi connectivity index (χ0v) is 5.67. The Bertz CT molecular complexity index is 242. The van der Waals surface area contributed by atoms with Crippen LogP contribution in [0.15, 0.2) is 12.4 Å². The molecule has 1 heterocycles. The second kappa shape index (κ2) is 2.66. The molecule has 10 heavy (non-hydrogen) atoms. The highest BCUT2D eigenvalue weighted by atomic mass is 35.5. The van der Waals surface area contributed by atoms with E-state index in [1.807, 2.05) is 0 Å². The maximum atomic E-state index is 10.2. The molecule has 0 radical (unpaired) electrons. The topological polar surface area (TPSA) is 50.2 Å². The zero-order valence-electron chi connectivity index (χ0n) is 4.91. The van der Waals surface area contributed by atoms with E-state index in [4.69, 9.17) is 16.7 Å². The highest BCUT2D eigenvalue weighted by molar-refractivity contribution is 6.33. The molecule has 1 rings (SSSR count). The third-order valence-corrected chi connectivity index (χ3v) is 1.34. The number of hydrogen-bond donors (Lipinski definition) is 1. The molecule has 0 atom stereocenters. The van der Waals surface area contributed by atoms with Gasteiger partial charge in [0.1, 0.15) is 5.75 Å². The molecule has 0 saturated heterocycles. The Hall–Kier alpha value is -1.09. The number of aldehydes is 1. The van der Waals surface area contributed by atoms with Crippen molar-refractivity contribution in [2.45, 2.75) is 0 Å². The van der Waals surface area contributed by atoms with Crippen LogP contribution in [0.1, 0.15) is 10.4 Å². The van der Waals surface area contributed by atoms with E-state index < -0.39 is 0 Å². The van der Waals surface area contributed by atoms with E-state index in [-0.39, 0.29) is 16.3 Å². The van der Waals surface area contributed by atoms with Crippen LogP contribution in [0.25, 0.3) is 0 Å². The van der Waals surface area contributed by atoms with E-state index in [1.165, 1.54) is 6.20 Å². The predicted octanol–water partition coefficient (Wildman–Crippen LogP) is 1.25. The summed E-state index contributed by atoms with van der Waals surface area (Å²) < 4.78 is 0. The molecule has 0 aliphatic rings. The fourth-order valence-corrected chi connectivity index (χ4v) is 0.749. The summed E-state index contributed by atoms with van der Waals surface area (Å²) in [5.41, 5.74) is 0.0802. The van der Waals surface area contributed by atoms with Gasteiger partial charge in [0.05, 0.1) is 16.8 Å². The summed E-state index contributed by atoms with van der Waals surface area (Å²) in [6.07, 6.45) is 2.94. The van der Waals surface area contributed by atoms with Crippen LogP contribution in [0.4, 0.5) is 0 Å². The Morgan fingerprint density at radius 1 is 1.60 bits per heavy atom. The van der Waals surface area contributed by atoms with Crippen molar-refractivity contribution in [2.24, 2.45) is 0 Å². The maximum Gasteiger partial charge on any atom is 0.155 e. The number of carbonyl (C=O) groups excluding carboxylic acids is 1. The lowest BCUT2D eigenvalue weighted by Crippen LogP contribution is -1.83. The zero-order chi connectivity index (χ0) is 7.56. The minimum Gasteiger partial charge on any atom is -0.506 e. The average Bonchev–Trinajstić information content (AvgIpc) is 1.88. The molecule has 4 heteroatoms. The van der Waals surface area contributed by atoms with Gasteiger partial charge in [-0.3, -0.25) is 9.78 Å². The van der Waals surface area contributed by atoms with Crippen molar-refractivity contribution >= 4 is 17.9 Å². The van der Waals surface area contributed by atoms with E-state index >= 15 is 0 Å². The molecule has 0 unspecified atom stereocenters. The largest absolute Gasteiger partial charge is 0.506 e. The van der Waals surface area contributed by atoms with Gasteiger partial charge in [-0.2, -0.15) is 0 Å². The minimum atomic E-state index is -0.192. The molecule has 0 bridgehead atoms. The van der Waals surface area contributed by atoms with Crippen molar-refractivity contribution in [2.75, 3.05) is 0 Å². The first-order chi connectivity index (χ1) is 4.75. The quantitative estimate of drug-likeness (QED) is 0.625. The highest BCUT2D eigenvalue weighted by Gasteiger charge is 2.03. The fraction of sp³-hybridized carbons (Fsp3) is 0. The SMILES string of the molecule is O=Cc1c(O)cncc1Cl.